The first-order valence-corrected chi connectivity index (χ1v) is 7.97. The molecule has 120 valence electrons. The van der Waals surface area contributed by atoms with Crippen molar-refractivity contribution in [2.45, 2.75) is 25.2 Å². The van der Waals surface area contributed by atoms with Crippen LogP contribution in [0.1, 0.15) is 30.0 Å². The number of amides is 1. The summed E-state index contributed by atoms with van der Waals surface area (Å²) in [5, 5.41) is 9.97. The van der Waals surface area contributed by atoms with Crippen molar-refractivity contribution in [3.05, 3.63) is 60.3 Å². The number of hydrogen-bond donors (Lipinski definition) is 2. The number of H-pyrrole nitrogens is 1. The van der Waals surface area contributed by atoms with E-state index in [-0.39, 0.29) is 5.91 Å². The maximum Gasteiger partial charge on any atom is 0.229 e. The highest BCUT2D eigenvalue weighted by atomic mass is 16.1. The van der Waals surface area contributed by atoms with Crippen LogP contribution in [0.15, 0.2) is 49.1 Å². The molecule has 0 bridgehead atoms. The monoisotopic (exact) mass is 319 g/mol. The molecule has 1 aromatic carbocycles. The Morgan fingerprint density at radius 1 is 1.12 bits per heavy atom. The van der Waals surface area contributed by atoms with Crippen LogP contribution in [0.3, 0.4) is 0 Å². The van der Waals surface area contributed by atoms with Crippen molar-refractivity contribution in [1.29, 1.82) is 0 Å². The lowest BCUT2D eigenvalue weighted by Crippen LogP contribution is -2.14. The maximum atomic E-state index is 12.1. The average molecular weight is 319 g/mol. The van der Waals surface area contributed by atoms with Crippen LogP contribution in [-0.2, 0) is 11.2 Å². The largest absolute Gasteiger partial charge is 0.309 e. The van der Waals surface area contributed by atoms with E-state index in [9.17, 15) is 4.79 Å². The number of nitrogens with zero attached hydrogens (tertiary/aromatic N) is 3. The first kappa shape index (κ1) is 14.6. The second kappa shape index (κ2) is 6.23. The smallest absolute Gasteiger partial charge is 0.229 e. The summed E-state index contributed by atoms with van der Waals surface area (Å²) >= 11 is 0. The van der Waals surface area contributed by atoms with Gasteiger partial charge in [-0.3, -0.25) is 9.89 Å². The van der Waals surface area contributed by atoms with Crippen molar-refractivity contribution < 1.29 is 4.79 Å². The Bertz CT molecular complexity index is 837. The number of aromatic nitrogens is 4. The third-order valence-corrected chi connectivity index (χ3v) is 4.09. The van der Waals surface area contributed by atoms with Gasteiger partial charge in [-0.05, 0) is 24.0 Å². The number of anilines is 1. The van der Waals surface area contributed by atoms with Crippen LogP contribution >= 0.6 is 0 Å². The molecule has 1 amide bonds. The molecule has 24 heavy (non-hydrogen) atoms. The lowest BCUT2D eigenvalue weighted by atomic mass is 10.1. The predicted molar refractivity (Wildman–Crippen MR) is 90.4 cm³/mol. The molecule has 0 spiro atoms. The van der Waals surface area contributed by atoms with Crippen molar-refractivity contribution in [3.63, 3.8) is 0 Å². The first-order chi connectivity index (χ1) is 11.8. The summed E-state index contributed by atoms with van der Waals surface area (Å²) in [4.78, 5) is 20.2. The molecule has 4 rings (SSSR count). The summed E-state index contributed by atoms with van der Waals surface area (Å²) < 4.78 is 0. The van der Waals surface area contributed by atoms with Gasteiger partial charge in [0.15, 0.2) is 5.82 Å². The van der Waals surface area contributed by atoms with E-state index in [2.05, 4.69) is 25.5 Å². The van der Waals surface area contributed by atoms with Crippen LogP contribution in [0.2, 0.25) is 0 Å². The molecule has 6 heteroatoms. The molecule has 2 N–H and O–H groups in total. The fraction of sp³-hybridized carbons (Fsp3) is 0.222. The minimum Gasteiger partial charge on any atom is -0.309 e. The highest BCUT2D eigenvalue weighted by Gasteiger charge is 2.25. The van der Waals surface area contributed by atoms with Crippen LogP contribution in [0, 0.1) is 0 Å². The van der Waals surface area contributed by atoms with Gasteiger partial charge in [0, 0.05) is 35.6 Å². The summed E-state index contributed by atoms with van der Waals surface area (Å²) in [5.41, 5.74) is 4.05. The van der Waals surface area contributed by atoms with Gasteiger partial charge < -0.3 is 5.32 Å². The van der Waals surface area contributed by atoms with Gasteiger partial charge in [0.2, 0.25) is 5.91 Å². The molecular weight excluding hydrogens is 302 g/mol. The van der Waals surface area contributed by atoms with E-state index < -0.39 is 0 Å². The van der Waals surface area contributed by atoms with Crippen molar-refractivity contribution >= 4 is 11.7 Å². The molecule has 6 nitrogen and oxygen atoms in total. The molecular formula is C18H17N5O. The van der Waals surface area contributed by atoms with Gasteiger partial charge in [0.05, 0.1) is 6.42 Å². The minimum absolute atomic E-state index is 0.0698. The molecule has 1 fully saturated rings. The van der Waals surface area contributed by atoms with E-state index in [0.717, 1.165) is 22.4 Å². The Kier molecular flexibility index (Phi) is 3.78. The molecule has 0 atom stereocenters. The highest BCUT2D eigenvalue weighted by molar-refractivity contribution is 5.91. The molecule has 2 aromatic heterocycles. The van der Waals surface area contributed by atoms with Gasteiger partial charge in [0.25, 0.3) is 0 Å². The summed E-state index contributed by atoms with van der Waals surface area (Å²) in [6, 6.07) is 9.76. The number of aromatic amines is 1. The molecule has 0 saturated heterocycles. The van der Waals surface area contributed by atoms with Crippen LogP contribution < -0.4 is 5.32 Å². The topological polar surface area (TPSA) is 83.6 Å². The highest BCUT2D eigenvalue weighted by Crippen LogP contribution is 2.39. The van der Waals surface area contributed by atoms with E-state index >= 15 is 0 Å². The molecule has 0 radical (unpaired) electrons. The quantitative estimate of drug-likeness (QED) is 0.757. The van der Waals surface area contributed by atoms with E-state index in [1.807, 2.05) is 30.3 Å². The number of carbonyl (C=O) groups is 1. The predicted octanol–water partition coefficient (Wildman–Crippen LogP) is 2.93. The normalized spacial score (nSPS) is 13.7. The van der Waals surface area contributed by atoms with Crippen molar-refractivity contribution in [2.24, 2.45) is 0 Å². The van der Waals surface area contributed by atoms with Crippen molar-refractivity contribution in [1.82, 2.24) is 20.2 Å². The SMILES string of the molecule is O=C(Cc1ccc(-c2cncnc2)cc1)Nc1cc(C2CC2)[nH]n1. The van der Waals surface area contributed by atoms with Gasteiger partial charge in [-0.25, -0.2) is 9.97 Å². The fourth-order valence-corrected chi connectivity index (χ4v) is 2.64. The molecule has 0 unspecified atom stereocenters. The second-order valence-corrected chi connectivity index (χ2v) is 6.03. The number of rotatable bonds is 5. The summed E-state index contributed by atoms with van der Waals surface area (Å²) in [6.07, 6.45) is 7.76. The number of benzene rings is 1. The van der Waals surface area contributed by atoms with Crippen LogP contribution in [0.25, 0.3) is 11.1 Å². The van der Waals surface area contributed by atoms with E-state index in [1.165, 1.54) is 19.2 Å². The lowest BCUT2D eigenvalue weighted by molar-refractivity contribution is -0.115. The van der Waals surface area contributed by atoms with Crippen molar-refractivity contribution in [3.8, 4) is 11.1 Å². The van der Waals surface area contributed by atoms with Crippen LogP contribution in [-0.4, -0.2) is 26.1 Å². The van der Waals surface area contributed by atoms with Gasteiger partial charge in [-0.2, -0.15) is 5.10 Å². The first-order valence-electron chi connectivity index (χ1n) is 7.97. The third kappa shape index (κ3) is 3.32. The van der Waals surface area contributed by atoms with E-state index in [0.29, 0.717) is 18.2 Å². The molecule has 3 aromatic rings. The number of carbonyl (C=O) groups excluding carboxylic acids is 1. The Hall–Kier alpha value is -3.02. The molecule has 1 aliphatic rings. The Labute approximate surface area is 139 Å². The van der Waals surface area contributed by atoms with Gasteiger partial charge >= 0.3 is 0 Å². The molecule has 1 saturated carbocycles. The Morgan fingerprint density at radius 2 is 1.88 bits per heavy atom. The molecule has 2 heterocycles. The second-order valence-electron chi connectivity index (χ2n) is 6.03. The van der Waals surface area contributed by atoms with Crippen molar-refractivity contribution in [2.75, 3.05) is 5.32 Å². The number of hydrogen-bond acceptors (Lipinski definition) is 4. The van der Waals surface area contributed by atoms with E-state index in [1.54, 1.807) is 12.4 Å². The van der Waals surface area contributed by atoms with E-state index in [4.69, 9.17) is 0 Å². The zero-order valence-electron chi connectivity index (χ0n) is 13.1. The van der Waals surface area contributed by atoms with Crippen LogP contribution in [0.5, 0.6) is 0 Å². The summed E-state index contributed by atoms with van der Waals surface area (Å²) in [6.45, 7) is 0. The number of nitrogens with one attached hydrogen (secondary N) is 2. The lowest BCUT2D eigenvalue weighted by Gasteiger charge is -2.04. The zero-order chi connectivity index (χ0) is 16.4. The Morgan fingerprint density at radius 3 is 2.58 bits per heavy atom. The van der Waals surface area contributed by atoms with Gasteiger partial charge in [0.1, 0.15) is 6.33 Å². The summed E-state index contributed by atoms with van der Waals surface area (Å²) in [7, 11) is 0. The standard InChI is InChI=1S/C18H17N5O/c24-18(21-17-8-16(22-23-17)14-5-6-14)7-12-1-3-13(4-2-12)15-9-19-11-20-10-15/h1-4,8-11,14H,5-7H2,(H2,21,22,23,24). The van der Waals surface area contributed by atoms with Crippen LogP contribution in [0.4, 0.5) is 5.82 Å². The molecule has 1 aliphatic carbocycles. The Balaban J connectivity index is 1.38. The zero-order valence-corrected chi connectivity index (χ0v) is 13.1. The van der Waals surface area contributed by atoms with Gasteiger partial charge in [-0.1, -0.05) is 24.3 Å². The van der Waals surface area contributed by atoms with Gasteiger partial charge in [-0.15, -0.1) is 0 Å². The average Bonchev–Trinajstić information content (AvgIpc) is 3.36. The summed E-state index contributed by atoms with van der Waals surface area (Å²) in [5.74, 6) is 1.12. The third-order valence-electron chi connectivity index (χ3n) is 4.09. The fourth-order valence-electron chi connectivity index (χ4n) is 2.64. The molecule has 0 aliphatic heterocycles. The maximum absolute atomic E-state index is 12.1. The minimum atomic E-state index is -0.0698.